The van der Waals surface area contributed by atoms with Crippen molar-refractivity contribution >= 4 is 35.0 Å². The van der Waals surface area contributed by atoms with Crippen LogP contribution < -0.4 is 4.90 Å². The van der Waals surface area contributed by atoms with Gasteiger partial charge in [-0.2, -0.15) is 0 Å². The number of nitro groups is 1. The third kappa shape index (κ3) is 2.70. The number of nitro benzene ring substituents is 1. The van der Waals surface area contributed by atoms with E-state index >= 15 is 0 Å². The SMILES string of the molecule is O=C(c1ccco1)[C@@H]1[C@@H]2C(=O)N(c3ccc([N+](=O)[O-])cc3)C(=O)[C@H]2[C@H]2c3ccccc3C=CN12. The number of carbonyl (C=O) groups is 3. The summed E-state index contributed by atoms with van der Waals surface area (Å²) in [4.78, 5) is 54.3. The molecular formula is C25H17N3O6. The van der Waals surface area contributed by atoms with Crippen molar-refractivity contribution in [3.05, 3.63) is 100 Å². The molecule has 168 valence electrons. The lowest BCUT2D eigenvalue weighted by Gasteiger charge is -2.35. The van der Waals surface area contributed by atoms with Gasteiger partial charge in [-0.15, -0.1) is 0 Å². The lowest BCUT2D eigenvalue weighted by molar-refractivity contribution is -0.384. The molecule has 4 atom stereocenters. The van der Waals surface area contributed by atoms with Crippen molar-refractivity contribution in [3.8, 4) is 0 Å². The highest BCUT2D eigenvalue weighted by Gasteiger charge is 2.64. The fraction of sp³-hybridized carbons (Fsp3) is 0.160. The van der Waals surface area contributed by atoms with Gasteiger partial charge in [0.15, 0.2) is 5.76 Å². The maximum Gasteiger partial charge on any atom is 0.269 e. The summed E-state index contributed by atoms with van der Waals surface area (Å²) in [6.45, 7) is 0. The number of fused-ring (bicyclic) bond motifs is 5. The van der Waals surface area contributed by atoms with Gasteiger partial charge in [-0.05, 0) is 41.5 Å². The van der Waals surface area contributed by atoms with Gasteiger partial charge >= 0.3 is 0 Å². The second-order valence-electron chi connectivity index (χ2n) is 8.46. The number of ketones is 1. The van der Waals surface area contributed by atoms with Crippen LogP contribution in [0.15, 0.2) is 77.5 Å². The number of furan rings is 1. The van der Waals surface area contributed by atoms with Crippen LogP contribution >= 0.6 is 0 Å². The second kappa shape index (κ2) is 7.24. The van der Waals surface area contributed by atoms with E-state index in [-0.39, 0.29) is 22.9 Å². The first-order valence-electron chi connectivity index (χ1n) is 10.7. The first-order chi connectivity index (χ1) is 16.5. The maximum absolute atomic E-state index is 13.7. The van der Waals surface area contributed by atoms with E-state index in [0.717, 1.165) is 16.0 Å². The van der Waals surface area contributed by atoms with Gasteiger partial charge < -0.3 is 9.32 Å². The largest absolute Gasteiger partial charge is 0.461 e. The molecule has 0 unspecified atom stereocenters. The molecule has 6 rings (SSSR count). The van der Waals surface area contributed by atoms with E-state index in [4.69, 9.17) is 4.42 Å². The highest BCUT2D eigenvalue weighted by Crippen LogP contribution is 2.53. The summed E-state index contributed by atoms with van der Waals surface area (Å²) in [5.74, 6) is -2.92. The average molecular weight is 455 g/mol. The quantitative estimate of drug-likeness (QED) is 0.256. The number of amides is 2. The number of non-ortho nitro benzene ring substituents is 1. The number of anilines is 1. The molecule has 3 aromatic rings. The number of carbonyl (C=O) groups excluding carboxylic acids is 3. The highest BCUT2D eigenvalue weighted by atomic mass is 16.6. The lowest BCUT2D eigenvalue weighted by atomic mass is 9.84. The summed E-state index contributed by atoms with van der Waals surface area (Å²) in [6.07, 6.45) is 5.04. The molecule has 0 radical (unpaired) electrons. The number of hydrogen-bond donors (Lipinski definition) is 0. The molecule has 34 heavy (non-hydrogen) atoms. The third-order valence-corrected chi connectivity index (χ3v) is 6.81. The standard InChI is InChI=1S/C25H17N3O6/c29-23(18-6-3-13-34-18)22-20-19(21-17-5-2-1-4-14(17)11-12-26(21)22)24(30)27(25(20)31)15-7-9-16(10-8-15)28(32)33/h1-13,19-22H/t19-,20-,21-,22+/m1/s1. The van der Waals surface area contributed by atoms with Crippen LogP contribution in [-0.4, -0.2) is 33.5 Å². The Morgan fingerprint density at radius 1 is 0.941 bits per heavy atom. The summed E-state index contributed by atoms with van der Waals surface area (Å²) < 4.78 is 5.34. The molecule has 3 aliphatic heterocycles. The monoisotopic (exact) mass is 455 g/mol. The molecule has 1 aromatic heterocycles. The van der Waals surface area contributed by atoms with E-state index in [2.05, 4.69) is 0 Å². The van der Waals surface area contributed by atoms with Crippen LogP contribution in [0.1, 0.15) is 27.7 Å². The van der Waals surface area contributed by atoms with Crippen LogP contribution in [0, 0.1) is 22.0 Å². The maximum atomic E-state index is 13.7. The van der Waals surface area contributed by atoms with Crippen LogP contribution in [0.25, 0.3) is 6.08 Å². The van der Waals surface area contributed by atoms with Gasteiger partial charge in [-0.3, -0.25) is 24.5 Å². The van der Waals surface area contributed by atoms with Crippen molar-refractivity contribution in [2.75, 3.05) is 4.90 Å². The number of benzene rings is 2. The number of hydrogen-bond acceptors (Lipinski definition) is 7. The summed E-state index contributed by atoms with van der Waals surface area (Å²) in [5.41, 5.74) is 1.88. The van der Waals surface area contributed by atoms with Crippen LogP contribution in [0.3, 0.4) is 0 Å². The Hall–Kier alpha value is -4.53. The number of imide groups is 1. The van der Waals surface area contributed by atoms with Crippen molar-refractivity contribution in [3.63, 3.8) is 0 Å². The molecule has 0 N–H and O–H groups in total. The number of nitrogens with zero attached hydrogens (tertiary/aromatic N) is 3. The Morgan fingerprint density at radius 2 is 1.68 bits per heavy atom. The molecule has 2 fully saturated rings. The van der Waals surface area contributed by atoms with E-state index in [1.165, 1.54) is 30.5 Å². The first kappa shape index (κ1) is 20.1. The molecule has 9 heteroatoms. The Morgan fingerprint density at radius 3 is 2.38 bits per heavy atom. The molecule has 9 nitrogen and oxygen atoms in total. The smallest absolute Gasteiger partial charge is 0.269 e. The zero-order chi connectivity index (χ0) is 23.6. The molecular weight excluding hydrogens is 438 g/mol. The molecule has 0 bridgehead atoms. The van der Waals surface area contributed by atoms with Crippen LogP contribution in [0.2, 0.25) is 0 Å². The Bertz CT molecular complexity index is 1380. The van der Waals surface area contributed by atoms with Crippen molar-refractivity contribution in [1.29, 1.82) is 0 Å². The van der Waals surface area contributed by atoms with Gasteiger partial charge in [0.1, 0.15) is 6.04 Å². The summed E-state index contributed by atoms with van der Waals surface area (Å²) in [5, 5.41) is 11.0. The minimum absolute atomic E-state index is 0.116. The van der Waals surface area contributed by atoms with Crippen molar-refractivity contribution in [2.24, 2.45) is 11.8 Å². The van der Waals surface area contributed by atoms with E-state index in [0.29, 0.717) is 0 Å². The Labute approximate surface area is 193 Å². The van der Waals surface area contributed by atoms with Crippen LogP contribution in [0.5, 0.6) is 0 Å². The van der Waals surface area contributed by atoms with Gasteiger partial charge in [0.05, 0.1) is 34.8 Å². The van der Waals surface area contributed by atoms with Crippen molar-refractivity contribution in [2.45, 2.75) is 12.1 Å². The van der Waals surface area contributed by atoms with Gasteiger partial charge in [-0.1, -0.05) is 24.3 Å². The van der Waals surface area contributed by atoms with E-state index in [1.54, 1.807) is 23.2 Å². The minimum Gasteiger partial charge on any atom is -0.461 e. The van der Waals surface area contributed by atoms with Gasteiger partial charge in [0, 0.05) is 18.3 Å². The van der Waals surface area contributed by atoms with E-state index in [9.17, 15) is 24.5 Å². The fourth-order valence-corrected chi connectivity index (χ4v) is 5.40. The van der Waals surface area contributed by atoms with E-state index < -0.39 is 40.7 Å². The zero-order valence-corrected chi connectivity index (χ0v) is 17.6. The highest BCUT2D eigenvalue weighted by molar-refractivity contribution is 6.24. The molecule has 2 amide bonds. The topological polar surface area (TPSA) is 114 Å². The number of rotatable bonds is 4. The molecule has 0 aliphatic carbocycles. The Balaban J connectivity index is 1.47. The molecule has 0 spiro atoms. The summed E-state index contributed by atoms with van der Waals surface area (Å²) in [7, 11) is 0. The first-order valence-corrected chi connectivity index (χ1v) is 10.7. The van der Waals surface area contributed by atoms with Crippen LogP contribution in [0.4, 0.5) is 11.4 Å². The average Bonchev–Trinajstić information content (AvgIpc) is 3.55. The van der Waals surface area contributed by atoms with Gasteiger partial charge in [0.25, 0.3) is 5.69 Å². The summed E-state index contributed by atoms with van der Waals surface area (Å²) >= 11 is 0. The lowest BCUT2D eigenvalue weighted by Crippen LogP contribution is -2.44. The molecule has 2 saturated heterocycles. The number of Topliss-reactive ketones (excluding diaryl/α,β-unsaturated/α-hetero) is 1. The molecule has 4 heterocycles. The van der Waals surface area contributed by atoms with Crippen molar-refractivity contribution in [1.82, 2.24) is 4.90 Å². The second-order valence-corrected chi connectivity index (χ2v) is 8.46. The van der Waals surface area contributed by atoms with Crippen LogP contribution in [-0.2, 0) is 9.59 Å². The van der Waals surface area contributed by atoms with Gasteiger partial charge in [-0.25, -0.2) is 4.90 Å². The Kier molecular flexibility index (Phi) is 4.28. The zero-order valence-electron chi connectivity index (χ0n) is 17.6. The third-order valence-electron chi connectivity index (χ3n) is 6.81. The van der Waals surface area contributed by atoms with Gasteiger partial charge in [0.2, 0.25) is 17.6 Å². The predicted molar refractivity (Wildman–Crippen MR) is 119 cm³/mol. The minimum atomic E-state index is -0.930. The molecule has 3 aliphatic rings. The fourth-order valence-electron chi connectivity index (χ4n) is 5.40. The van der Waals surface area contributed by atoms with E-state index in [1.807, 2.05) is 30.3 Å². The predicted octanol–water partition coefficient (Wildman–Crippen LogP) is 3.59. The molecule has 2 aromatic carbocycles. The normalized spacial score (nSPS) is 24.7. The van der Waals surface area contributed by atoms with Crippen molar-refractivity contribution < 1.29 is 23.7 Å². The summed E-state index contributed by atoms with van der Waals surface area (Å²) in [6, 6.07) is 14.6. The molecule has 0 saturated carbocycles.